The summed E-state index contributed by atoms with van der Waals surface area (Å²) >= 11 is 0. The fraction of sp³-hybridized carbons (Fsp3) is 0.333. The van der Waals surface area contributed by atoms with Gasteiger partial charge >= 0.3 is 0 Å². The van der Waals surface area contributed by atoms with Gasteiger partial charge in [0.05, 0.1) is 0 Å². The number of anilines is 1. The quantitative estimate of drug-likeness (QED) is 0.894. The number of nitrogens with zero attached hydrogens (tertiary/aromatic N) is 1. The molecule has 1 N–H and O–H groups in total. The van der Waals surface area contributed by atoms with Gasteiger partial charge in [0.2, 0.25) is 0 Å². The van der Waals surface area contributed by atoms with Gasteiger partial charge < -0.3 is 10.2 Å². The minimum atomic E-state index is 0.416. The molecule has 0 bridgehead atoms. The van der Waals surface area contributed by atoms with Crippen molar-refractivity contribution in [1.29, 1.82) is 0 Å². The molecule has 0 spiro atoms. The molecule has 1 heterocycles. The van der Waals surface area contributed by atoms with E-state index in [-0.39, 0.29) is 0 Å². The van der Waals surface area contributed by atoms with Gasteiger partial charge in [0, 0.05) is 24.8 Å². The second-order valence-corrected chi connectivity index (χ2v) is 5.56. The van der Waals surface area contributed by atoms with Crippen molar-refractivity contribution in [3.05, 3.63) is 65.7 Å². The van der Waals surface area contributed by atoms with E-state index in [2.05, 4.69) is 71.7 Å². The van der Waals surface area contributed by atoms with Crippen LogP contribution < -0.4 is 10.2 Å². The maximum atomic E-state index is 3.67. The smallest absolute Gasteiger partial charge is 0.0498 e. The molecule has 1 atom stereocenters. The summed E-state index contributed by atoms with van der Waals surface area (Å²) in [4.78, 5) is 2.50. The highest BCUT2D eigenvalue weighted by Gasteiger charge is 2.19. The lowest BCUT2D eigenvalue weighted by Gasteiger charge is -2.27. The third-order valence-electron chi connectivity index (χ3n) is 3.97. The molecule has 1 aliphatic heterocycles. The lowest BCUT2D eigenvalue weighted by molar-refractivity contribution is 0.570. The maximum Gasteiger partial charge on any atom is 0.0498 e. The van der Waals surface area contributed by atoms with E-state index in [1.165, 1.54) is 23.2 Å². The second kappa shape index (κ2) is 6.10. The Hall–Kier alpha value is -1.80. The van der Waals surface area contributed by atoms with Crippen LogP contribution in [-0.2, 0) is 0 Å². The van der Waals surface area contributed by atoms with E-state index >= 15 is 0 Å². The zero-order chi connectivity index (χ0) is 13.8. The Morgan fingerprint density at radius 1 is 1.05 bits per heavy atom. The third kappa shape index (κ3) is 3.02. The molecule has 20 heavy (non-hydrogen) atoms. The first-order chi connectivity index (χ1) is 9.83. The molecule has 1 fully saturated rings. The lowest BCUT2D eigenvalue weighted by Crippen LogP contribution is -2.31. The maximum absolute atomic E-state index is 3.67. The van der Waals surface area contributed by atoms with Gasteiger partial charge in [0.1, 0.15) is 0 Å². The van der Waals surface area contributed by atoms with Gasteiger partial charge in [-0.3, -0.25) is 0 Å². The Labute approximate surface area is 121 Å². The molecule has 0 aliphatic carbocycles. The summed E-state index contributed by atoms with van der Waals surface area (Å²) in [5.74, 6) is 0. The number of aryl methyl sites for hydroxylation is 1. The summed E-state index contributed by atoms with van der Waals surface area (Å²) in [6.07, 6.45) is 1.19. The highest BCUT2D eigenvalue weighted by molar-refractivity contribution is 5.49. The van der Waals surface area contributed by atoms with Gasteiger partial charge in [-0.15, -0.1) is 0 Å². The normalized spacial score (nSPS) is 19.6. The molecule has 0 aromatic heterocycles. The van der Waals surface area contributed by atoms with E-state index in [1.807, 2.05) is 0 Å². The van der Waals surface area contributed by atoms with Crippen molar-refractivity contribution in [2.75, 3.05) is 24.5 Å². The van der Waals surface area contributed by atoms with E-state index in [4.69, 9.17) is 0 Å². The summed E-state index contributed by atoms with van der Waals surface area (Å²) in [6, 6.07) is 20.0. The zero-order valence-electron chi connectivity index (χ0n) is 12.0. The minimum absolute atomic E-state index is 0.416. The van der Waals surface area contributed by atoms with Gasteiger partial charge in [0.25, 0.3) is 0 Å². The topological polar surface area (TPSA) is 15.3 Å². The van der Waals surface area contributed by atoms with Crippen LogP contribution in [0.3, 0.4) is 0 Å². The average molecular weight is 266 g/mol. The molecule has 0 saturated carbocycles. The Morgan fingerprint density at radius 3 is 2.70 bits per heavy atom. The zero-order valence-corrected chi connectivity index (χ0v) is 12.0. The first-order valence-corrected chi connectivity index (χ1v) is 7.43. The predicted molar refractivity (Wildman–Crippen MR) is 85.2 cm³/mol. The monoisotopic (exact) mass is 266 g/mol. The van der Waals surface area contributed by atoms with Gasteiger partial charge in [-0.2, -0.15) is 0 Å². The van der Waals surface area contributed by atoms with Gasteiger partial charge in [-0.25, -0.2) is 0 Å². The highest BCUT2D eigenvalue weighted by atomic mass is 15.2. The van der Waals surface area contributed by atoms with Crippen molar-refractivity contribution in [3.63, 3.8) is 0 Å². The lowest BCUT2D eigenvalue weighted by atomic mass is 10.1. The first-order valence-electron chi connectivity index (χ1n) is 7.43. The van der Waals surface area contributed by atoms with Gasteiger partial charge in [0.15, 0.2) is 0 Å². The molecule has 1 unspecified atom stereocenters. The van der Waals surface area contributed by atoms with Crippen molar-refractivity contribution >= 4 is 5.69 Å². The molecule has 2 aromatic carbocycles. The largest absolute Gasteiger partial charge is 0.370 e. The van der Waals surface area contributed by atoms with Crippen LogP contribution in [0.5, 0.6) is 0 Å². The molecule has 2 nitrogen and oxygen atoms in total. The Balaban J connectivity index is 1.82. The van der Waals surface area contributed by atoms with Crippen LogP contribution in [0.1, 0.15) is 23.6 Å². The summed E-state index contributed by atoms with van der Waals surface area (Å²) in [7, 11) is 0. The predicted octanol–water partition coefficient (Wildman–Crippen LogP) is 3.54. The average Bonchev–Trinajstić information content (AvgIpc) is 2.74. The van der Waals surface area contributed by atoms with Crippen molar-refractivity contribution in [2.24, 2.45) is 0 Å². The molecule has 2 heteroatoms. The SMILES string of the molecule is Cc1cccc(N2CCCNC(c3ccccc3)C2)c1. The fourth-order valence-electron chi connectivity index (χ4n) is 2.89. The Kier molecular flexibility index (Phi) is 4.03. The standard InChI is InChI=1S/C18H22N2/c1-15-7-5-10-17(13-15)20-12-6-11-19-18(14-20)16-8-3-2-4-9-16/h2-5,7-10,13,18-19H,6,11-12,14H2,1H3. The van der Waals surface area contributed by atoms with Crippen molar-refractivity contribution in [1.82, 2.24) is 5.32 Å². The molecule has 1 saturated heterocycles. The highest BCUT2D eigenvalue weighted by Crippen LogP contribution is 2.23. The molecule has 0 amide bonds. The number of hydrogen-bond donors (Lipinski definition) is 1. The van der Waals surface area contributed by atoms with E-state index in [9.17, 15) is 0 Å². The molecule has 104 valence electrons. The minimum Gasteiger partial charge on any atom is -0.370 e. The number of nitrogens with one attached hydrogen (secondary N) is 1. The van der Waals surface area contributed by atoms with Gasteiger partial charge in [-0.05, 0) is 43.1 Å². The van der Waals surface area contributed by atoms with E-state index < -0.39 is 0 Å². The van der Waals surface area contributed by atoms with Crippen LogP contribution in [0.25, 0.3) is 0 Å². The third-order valence-corrected chi connectivity index (χ3v) is 3.97. The molecular weight excluding hydrogens is 244 g/mol. The molecule has 3 rings (SSSR count). The van der Waals surface area contributed by atoms with E-state index in [0.717, 1.165) is 19.6 Å². The Morgan fingerprint density at radius 2 is 1.90 bits per heavy atom. The Bertz CT molecular complexity index is 550. The van der Waals surface area contributed by atoms with Gasteiger partial charge in [-0.1, -0.05) is 42.5 Å². The summed E-state index contributed by atoms with van der Waals surface area (Å²) < 4.78 is 0. The second-order valence-electron chi connectivity index (χ2n) is 5.56. The number of hydrogen-bond acceptors (Lipinski definition) is 2. The van der Waals surface area contributed by atoms with Crippen LogP contribution in [0.4, 0.5) is 5.69 Å². The van der Waals surface area contributed by atoms with Crippen LogP contribution >= 0.6 is 0 Å². The number of rotatable bonds is 2. The van der Waals surface area contributed by atoms with Crippen LogP contribution in [0.15, 0.2) is 54.6 Å². The van der Waals surface area contributed by atoms with Crippen molar-refractivity contribution < 1.29 is 0 Å². The van der Waals surface area contributed by atoms with E-state index in [0.29, 0.717) is 6.04 Å². The van der Waals surface area contributed by atoms with Crippen molar-refractivity contribution in [2.45, 2.75) is 19.4 Å². The van der Waals surface area contributed by atoms with Crippen LogP contribution in [0, 0.1) is 6.92 Å². The fourth-order valence-corrected chi connectivity index (χ4v) is 2.89. The molecule has 2 aromatic rings. The number of benzene rings is 2. The summed E-state index contributed by atoms with van der Waals surface area (Å²) in [5.41, 5.74) is 4.05. The summed E-state index contributed by atoms with van der Waals surface area (Å²) in [5, 5.41) is 3.67. The first kappa shape index (κ1) is 13.2. The van der Waals surface area contributed by atoms with Crippen LogP contribution in [0.2, 0.25) is 0 Å². The summed E-state index contributed by atoms with van der Waals surface area (Å²) in [6.45, 7) is 5.41. The van der Waals surface area contributed by atoms with Crippen LogP contribution in [-0.4, -0.2) is 19.6 Å². The molecule has 0 radical (unpaired) electrons. The van der Waals surface area contributed by atoms with Crippen molar-refractivity contribution in [3.8, 4) is 0 Å². The molecular formula is C18H22N2. The van der Waals surface area contributed by atoms with E-state index in [1.54, 1.807) is 0 Å². The molecule has 1 aliphatic rings.